The van der Waals surface area contributed by atoms with Crippen LogP contribution in [-0.2, 0) is 13.0 Å². The van der Waals surface area contributed by atoms with E-state index < -0.39 is 0 Å². The number of fused-ring (bicyclic) bond motifs is 1. The smallest absolute Gasteiger partial charge is 0.280 e. The van der Waals surface area contributed by atoms with Gasteiger partial charge in [-0.25, -0.2) is 4.68 Å². The van der Waals surface area contributed by atoms with E-state index >= 15 is 0 Å². The standard InChI is InChI=1S/C37H32N6O3/c1-45-28-17-13-24(14-18-28)23-42-32(38)22-33(40-42)39-30-21-31-35(25-9-5-3-6-10-25)36(27-11-7-4-8-12-27)41-43(31)37(44)34(30)26-15-19-29(46-2)20-16-26/h3-20,22H,21,23,38H2,1-2H3,(H,39,40). The van der Waals surface area contributed by atoms with Gasteiger partial charge in [-0.2, -0.15) is 14.9 Å². The van der Waals surface area contributed by atoms with Gasteiger partial charge in [0, 0.05) is 29.3 Å². The molecule has 1 aliphatic heterocycles. The van der Waals surface area contributed by atoms with E-state index in [1.807, 2.05) is 109 Å². The van der Waals surface area contributed by atoms with E-state index in [0.29, 0.717) is 41.6 Å². The number of aromatic nitrogens is 4. The Balaban J connectivity index is 1.32. The number of nitrogens with one attached hydrogen (secondary N) is 1. The van der Waals surface area contributed by atoms with Crippen molar-refractivity contribution in [3.63, 3.8) is 0 Å². The number of rotatable bonds is 9. The van der Waals surface area contributed by atoms with Crippen LogP contribution >= 0.6 is 0 Å². The summed E-state index contributed by atoms with van der Waals surface area (Å²) >= 11 is 0. The van der Waals surface area contributed by atoms with Gasteiger partial charge in [0.25, 0.3) is 5.91 Å². The summed E-state index contributed by atoms with van der Waals surface area (Å²) < 4.78 is 14.0. The molecule has 0 saturated carbocycles. The molecule has 0 amide bonds. The first kappa shape index (κ1) is 28.7. The number of allylic oxidation sites excluding steroid dienone is 2. The summed E-state index contributed by atoms with van der Waals surface area (Å²) in [5.41, 5.74) is 13.8. The summed E-state index contributed by atoms with van der Waals surface area (Å²) in [5.74, 6) is 2.28. The number of nitrogen functional groups attached to an aromatic ring is 1. The maximum atomic E-state index is 14.5. The normalized spacial score (nSPS) is 12.6. The molecule has 4 aromatic carbocycles. The van der Waals surface area contributed by atoms with E-state index in [1.165, 1.54) is 0 Å². The molecular weight excluding hydrogens is 576 g/mol. The van der Waals surface area contributed by atoms with Gasteiger partial charge in [-0.05, 0) is 41.0 Å². The topological polar surface area (TPSA) is 109 Å². The Morgan fingerprint density at radius 3 is 2.00 bits per heavy atom. The molecule has 6 aromatic rings. The van der Waals surface area contributed by atoms with Crippen molar-refractivity contribution in [2.45, 2.75) is 13.0 Å². The first-order valence-electron chi connectivity index (χ1n) is 14.9. The van der Waals surface area contributed by atoms with Gasteiger partial charge in [0.2, 0.25) is 0 Å². The molecule has 0 fully saturated rings. The highest BCUT2D eigenvalue weighted by Crippen LogP contribution is 2.40. The highest BCUT2D eigenvalue weighted by Gasteiger charge is 2.33. The first-order chi connectivity index (χ1) is 22.5. The van der Waals surface area contributed by atoms with E-state index in [4.69, 9.17) is 25.4 Å². The van der Waals surface area contributed by atoms with E-state index in [2.05, 4.69) is 5.32 Å². The molecule has 1 aliphatic rings. The fourth-order valence-corrected chi connectivity index (χ4v) is 5.82. The Morgan fingerprint density at radius 2 is 1.37 bits per heavy atom. The number of carbonyl (C=O) groups excluding carboxylic acids is 1. The Morgan fingerprint density at radius 1 is 0.761 bits per heavy atom. The van der Waals surface area contributed by atoms with E-state index in [1.54, 1.807) is 29.6 Å². The maximum absolute atomic E-state index is 14.5. The van der Waals surface area contributed by atoms with Gasteiger partial charge >= 0.3 is 0 Å². The molecule has 0 spiro atoms. The van der Waals surface area contributed by atoms with Crippen LogP contribution < -0.4 is 20.5 Å². The van der Waals surface area contributed by atoms with Crippen molar-refractivity contribution in [1.82, 2.24) is 19.6 Å². The molecule has 0 aliphatic carbocycles. The number of benzene rings is 4. The first-order valence-corrected chi connectivity index (χ1v) is 14.9. The minimum Gasteiger partial charge on any atom is -0.497 e. The average Bonchev–Trinajstić information content (AvgIpc) is 3.65. The van der Waals surface area contributed by atoms with Crippen molar-refractivity contribution in [2.75, 3.05) is 25.3 Å². The van der Waals surface area contributed by atoms with Crippen molar-refractivity contribution in [3.8, 4) is 33.9 Å². The van der Waals surface area contributed by atoms with Crippen LogP contribution in [0.5, 0.6) is 11.5 Å². The van der Waals surface area contributed by atoms with E-state index in [9.17, 15) is 4.79 Å². The van der Waals surface area contributed by atoms with Crippen molar-refractivity contribution in [3.05, 3.63) is 138 Å². The van der Waals surface area contributed by atoms with Crippen LogP contribution in [0.2, 0.25) is 0 Å². The zero-order valence-corrected chi connectivity index (χ0v) is 25.5. The number of nitrogens with zero attached hydrogens (tertiary/aromatic N) is 4. The lowest BCUT2D eigenvalue weighted by Gasteiger charge is -2.22. The number of ether oxygens (including phenoxy) is 2. The van der Waals surface area contributed by atoms with Gasteiger partial charge in [0.05, 0.1) is 32.0 Å². The van der Waals surface area contributed by atoms with Gasteiger partial charge in [0.15, 0.2) is 5.82 Å². The number of methoxy groups -OCH3 is 2. The highest BCUT2D eigenvalue weighted by atomic mass is 16.5. The summed E-state index contributed by atoms with van der Waals surface area (Å²) in [4.78, 5) is 14.5. The number of hydrogen-bond donors (Lipinski definition) is 2. The average molecular weight is 609 g/mol. The summed E-state index contributed by atoms with van der Waals surface area (Å²) in [7, 11) is 3.26. The molecule has 0 radical (unpaired) electrons. The van der Waals surface area contributed by atoms with Crippen LogP contribution in [0.3, 0.4) is 0 Å². The van der Waals surface area contributed by atoms with Crippen LogP contribution in [0, 0.1) is 0 Å². The van der Waals surface area contributed by atoms with Crippen molar-refractivity contribution >= 4 is 23.1 Å². The molecule has 3 N–H and O–H groups in total. The van der Waals surface area contributed by atoms with Crippen LogP contribution in [-0.4, -0.2) is 39.7 Å². The van der Waals surface area contributed by atoms with Crippen LogP contribution in [0.1, 0.15) is 21.6 Å². The Labute approximate surface area is 266 Å². The van der Waals surface area contributed by atoms with Gasteiger partial charge in [-0.3, -0.25) is 4.79 Å². The monoisotopic (exact) mass is 608 g/mol. The second-order valence-corrected chi connectivity index (χ2v) is 11.0. The SMILES string of the molecule is COc1ccc(Cn2nc(NC3=C(c4ccc(OC)cc4)C(=O)n4nc(-c5ccccc5)c(-c5ccccc5)c4C3)cc2N)cc1. The third-order valence-corrected chi connectivity index (χ3v) is 8.10. The van der Waals surface area contributed by atoms with Gasteiger partial charge in [-0.15, -0.1) is 0 Å². The number of anilines is 2. The molecule has 9 nitrogen and oxygen atoms in total. The minimum atomic E-state index is -0.237. The molecule has 0 unspecified atom stereocenters. The van der Waals surface area contributed by atoms with E-state index in [0.717, 1.165) is 45.0 Å². The molecule has 7 rings (SSSR count). The lowest BCUT2D eigenvalue weighted by Crippen LogP contribution is -2.26. The highest BCUT2D eigenvalue weighted by molar-refractivity contribution is 6.23. The molecule has 0 saturated heterocycles. The molecular formula is C37H32N6O3. The Bertz CT molecular complexity index is 2040. The second-order valence-electron chi connectivity index (χ2n) is 11.0. The number of nitrogens with two attached hydrogens (primary N) is 1. The molecule has 228 valence electrons. The zero-order valence-electron chi connectivity index (χ0n) is 25.5. The predicted molar refractivity (Wildman–Crippen MR) is 180 cm³/mol. The lowest BCUT2D eigenvalue weighted by atomic mass is 9.92. The molecule has 46 heavy (non-hydrogen) atoms. The Hall–Kier alpha value is -6.09. The molecule has 2 aromatic heterocycles. The van der Waals surface area contributed by atoms with Crippen molar-refractivity contribution < 1.29 is 14.3 Å². The third kappa shape index (κ3) is 5.39. The summed E-state index contributed by atoms with van der Waals surface area (Å²) in [5, 5.41) is 13.2. The van der Waals surface area contributed by atoms with Gasteiger partial charge < -0.3 is 20.5 Å². The predicted octanol–water partition coefficient (Wildman–Crippen LogP) is 6.78. The summed E-state index contributed by atoms with van der Waals surface area (Å²) in [6, 6.07) is 37.0. The van der Waals surface area contributed by atoms with Crippen molar-refractivity contribution in [2.24, 2.45) is 0 Å². The third-order valence-electron chi connectivity index (χ3n) is 8.10. The largest absolute Gasteiger partial charge is 0.497 e. The molecule has 0 bridgehead atoms. The quantitative estimate of drug-likeness (QED) is 0.186. The van der Waals surface area contributed by atoms with Crippen LogP contribution in [0.25, 0.3) is 28.0 Å². The van der Waals surface area contributed by atoms with Gasteiger partial charge in [-0.1, -0.05) is 84.9 Å². The van der Waals surface area contributed by atoms with Crippen LogP contribution in [0.4, 0.5) is 11.6 Å². The lowest BCUT2D eigenvalue weighted by molar-refractivity contribution is 0.0958. The fraction of sp³-hybridized carbons (Fsp3) is 0.108. The van der Waals surface area contributed by atoms with Crippen LogP contribution in [0.15, 0.2) is 121 Å². The van der Waals surface area contributed by atoms with Crippen molar-refractivity contribution in [1.29, 1.82) is 0 Å². The Kier molecular flexibility index (Phi) is 7.56. The summed E-state index contributed by atoms with van der Waals surface area (Å²) in [6.45, 7) is 0.478. The minimum absolute atomic E-state index is 0.237. The summed E-state index contributed by atoms with van der Waals surface area (Å²) in [6.07, 6.45) is 0.405. The number of carbonyl (C=O) groups is 1. The fourth-order valence-electron chi connectivity index (χ4n) is 5.82. The molecule has 0 atom stereocenters. The van der Waals surface area contributed by atoms with E-state index in [-0.39, 0.29) is 5.91 Å². The van der Waals surface area contributed by atoms with Gasteiger partial charge in [0.1, 0.15) is 23.0 Å². The zero-order chi connectivity index (χ0) is 31.6. The maximum Gasteiger partial charge on any atom is 0.280 e. The molecule has 3 heterocycles. The number of hydrogen-bond acceptors (Lipinski definition) is 7. The second kappa shape index (κ2) is 12.1. The molecule has 9 heteroatoms.